The van der Waals surface area contributed by atoms with Gasteiger partial charge in [-0.1, -0.05) is 43.7 Å². The Labute approximate surface area is 156 Å². The molecule has 2 aromatic rings. The van der Waals surface area contributed by atoms with Gasteiger partial charge in [0.25, 0.3) is 0 Å². The van der Waals surface area contributed by atoms with E-state index in [1.165, 1.54) is 0 Å². The average Bonchev–Trinajstić information content (AvgIpc) is 2.91. The molecular formula is C21H27NO3S. The third-order valence-electron chi connectivity index (χ3n) is 5.04. The van der Waals surface area contributed by atoms with Gasteiger partial charge in [0.1, 0.15) is 5.75 Å². The van der Waals surface area contributed by atoms with Crippen molar-refractivity contribution in [3.8, 4) is 5.75 Å². The molecule has 1 fully saturated rings. The highest BCUT2D eigenvalue weighted by Crippen LogP contribution is 2.39. The smallest absolute Gasteiger partial charge is 0.243 e. The Morgan fingerprint density at radius 1 is 1.08 bits per heavy atom. The summed E-state index contributed by atoms with van der Waals surface area (Å²) in [5, 5.41) is 0. The predicted molar refractivity (Wildman–Crippen MR) is 104 cm³/mol. The molecule has 1 unspecified atom stereocenters. The molecule has 1 heterocycles. The fourth-order valence-corrected chi connectivity index (χ4v) is 5.50. The molecule has 2 aromatic carbocycles. The summed E-state index contributed by atoms with van der Waals surface area (Å²) in [5.74, 6) is 0.810. The van der Waals surface area contributed by atoms with Crippen molar-refractivity contribution >= 4 is 10.0 Å². The van der Waals surface area contributed by atoms with Crippen molar-refractivity contribution in [2.24, 2.45) is 5.41 Å². The highest BCUT2D eigenvalue weighted by atomic mass is 32.2. The van der Waals surface area contributed by atoms with Gasteiger partial charge in [-0.25, -0.2) is 8.42 Å². The van der Waals surface area contributed by atoms with Crippen LogP contribution in [0.15, 0.2) is 53.4 Å². The monoisotopic (exact) mass is 373 g/mol. The zero-order valence-corrected chi connectivity index (χ0v) is 16.7. The summed E-state index contributed by atoms with van der Waals surface area (Å²) in [5.41, 5.74) is 2.15. The van der Waals surface area contributed by atoms with Gasteiger partial charge in [-0.15, -0.1) is 0 Å². The summed E-state index contributed by atoms with van der Waals surface area (Å²) in [6.07, 6.45) is 1.56. The Balaban J connectivity index is 1.88. The van der Waals surface area contributed by atoms with Crippen LogP contribution in [0.25, 0.3) is 0 Å². The normalized spacial score (nSPS) is 20.2. The maximum absolute atomic E-state index is 13.2. The van der Waals surface area contributed by atoms with Crippen LogP contribution in [-0.2, 0) is 16.4 Å². The van der Waals surface area contributed by atoms with Gasteiger partial charge < -0.3 is 4.74 Å². The third-order valence-corrected chi connectivity index (χ3v) is 6.95. The van der Waals surface area contributed by atoms with Crippen molar-refractivity contribution in [3.05, 3.63) is 59.7 Å². The van der Waals surface area contributed by atoms with Crippen LogP contribution in [0.2, 0.25) is 0 Å². The quantitative estimate of drug-likeness (QED) is 0.795. The molecule has 0 bridgehead atoms. The Morgan fingerprint density at radius 2 is 1.69 bits per heavy atom. The van der Waals surface area contributed by atoms with Crippen LogP contribution < -0.4 is 4.74 Å². The van der Waals surface area contributed by atoms with E-state index in [-0.39, 0.29) is 11.5 Å². The Bertz CT molecular complexity index is 855. The van der Waals surface area contributed by atoms with E-state index in [9.17, 15) is 8.42 Å². The molecule has 26 heavy (non-hydrogen) atoms. The fourth-order valence-electron chi connectivity index (χ4n) is 3.69. The van der Waals surface area contributed by atoms with Crippen molar-refractivity contribution in [2.75, 3.05) is 13.7 Å². The van der Waals surface area contributed by atoms with Crippen molar-refractivity contribution < 1.29 is 13.2 Å². The predicted octanol–water partition coefficient (Wildman–Crippen LogP) is 4.04. The molecule has 0 saturated carbocycles. The maximum Gasteiger partial charge on any atom is 0.243 e. The van der Waals surface area contributed by atoms with Crippen LogP contribution in [0, 0.1) is 12.3 Å². The Morgan fingerprint density at radius 3 is 2.27 bits per heavy atom. The van der Waals surface area contributed by atoms with Crippen LogP contribution in [0.1, 0.15) is 31.4 Å². The van der Waals surface area contributed by atoms with E-state index in [1.807, 2.05) is 43.3 Å². The van der Waals surface area contributed by atoms with E-state index in [2.05, 4.69) is 13.8 Å². The number of methoxy groups -OCH3 is 1. The first-order valence-corrected chi connectivity index (χ1v) is 10.4. The van der Waals surface area contributed by atoms with Crippen molar-refractivity contribution in [3.63, 3.8) is 0 Å². The number of nitrogens with zero attached hydrogens (tertiary/aromatic N) is 1. The summed E-state index contributed by atoms with van der Waals surface area (Å²) in [6, 6.07) is 15.0. The number of hydrogen-bond acceptors (Lipinski definition) is 3. The summed E-state index contributed by atoms with van der Waals surface area (Å²) in [6.45, 7) is 6.78. The molecule has 0 spiro atoms. The van der Waals surface area contributed by atoms with Gasteiger partial charge in [0.05, 0.1) is 12.0 Å². The lowest BCUT2D eigenvalue weighted by atomic mass is 9.89. The second-order valence-corrected chi connectivity index (χ2v) is 9.83. The molecule has 1 aliphatic rings. The van der Waals surface area contributed by atoms with Gasteiger partial charge in [0.15, 0.2) is 0 Å². The van der Waals surface area contributed by atoms with E-state index in [0.29, 0.717) is 17.9 Å². The van der Waals surface area contributed by atoms with E-state index >= 15 is 0 Å². The molecule has 1 saturated heterocycles. The molecule has 1 aliphatic heterocycles. The summed E-state index contributed by atoms with van der Waals surface area (Å²) in [4.78, 5) is 0.375. The van der Waals surface area contributed by atoms with Gasteiger partial charge in [-0.3, -0.25) is 0 Å². The second kappa shape index (κ2) is 7.05. The lowest BCUT2D eigenvalue weighted by molar-refractivity contribution is 0.366. The number of aryl methyl sites for hydroxylation is 1. The molecule has 0 aromatic heterocycles. The van der Waals surface area contributed by atoms with Crippen LogP contribution >= 0.6 is 0 Å². The Hall–Kier alpha value is -1.85. The van der Waals surface area contributed by atoms with Gasteiger partial charge in [-0.2, -0.15) is 4.31 Å². The molecular weight excluding hydrogens is 346 g/mol. The molecule has 0 amide bonds. The second-order valence-electron chi connectivity index (χ2n) is 7.94. The average molecular weight is 374 g/mol. The fraction of sp³-hybridized carbons (Fsp3) is 0.429. The number of sulfonamides is 1. The molecule has 0 N–H and O–H groups in total. The lowest BCUT2D eigenvalue weighted by Crippen LogP contribution is -2.37. The molecule has 5 heteroatoms. The standard InChI is InChI=1S/C21H27NO3S/c1-16-5-11-20(12-6-16)26(23,24)22-15-21(2,3)14-18(22)13-17-7-9-19(25-4)10-8-17/h5-12,18H,13-15H2,1-4H3. The topological polar surface area (TPSA) is 46.6 Å². The van der Waals surface area contributed by atoms with Crippen LogP contribution in [0.5, 0.6) is 5.75 Å². The van der Waals surface area contributed by atoms with Crippen LogP contribution in [0.4, 0.5) is 0 Å². The number of benzene rings is 2. The van der Waals surface area contributed by atoms with E-state index in [0.717, 1.165) is 23.3 Å². The zero-order valence-electron chi connectivity index (χ0n) is 15.9. The first-order chi connectivity index (χ1) is 12.2. The summed E-state index contributed by atoms with van der Waals surface area (Å²) < 4.78 is 33.4. The molecule has 0 aliphatic carbocycles. The zero-order chi connectivity index (χ0) is 18.9. The van der Waals surface area contributed by atoms with Gasteiger partial charge >= 0.3 is 0 Å². The third kappa shape index (κ3) is 3.94. The van der Waals surface area contributed by atoms with E-state index < -0.39 is 10.0 Å². The van der Waals surface area contributed by atoms with E-state index in [1.54, 1.807) is 23.5 Å². The minimum absolute atomic E-state index is 0.0328. The van der Waals surface area contributed by atoms with Crippen LogP contribution in [0.3, 0.4) is 0 Å². The van der Waals surface area contributed by atoms with E-state index in [4.69, 9.17) is 4.74 Å². The largest absolute Gasteiger partial charge is 0.497 e. The van der Waals surface area contributed by atoms with Crippen molar-refractivity contribution in [2.45, 2.75) is 44.6 Å². The van der Waals surface area contributed by atoms with Crippen molar-refractivity contribution in [1.82, 2.24) is 4.31 Å². The number of ether oxygens (including phenoxy) is 1. The molecule has 3 rings (SSSR count). The van der Waals surface area contributed by atoms with Crippen molar-refractivity contribution in [1.29, 1.82) is 0 Å². The maximum atomic E-state index is 13.2. The molecule has 140 valence electrons. The SMILES string of the molecule is COc1ccc(CC2CC(C)(C)CN2S(=O)(=O)c2ccc(C)cc2)cc1. The first kappa shape index (κ1) is 18.9. The number of rotatable bonds is 5. The first-order valence-electron chi connectivity index (χ1n) is 8.93. The number of hydrogen-bond donors (Lipinski definition) is 0. The van der Waals surface area contributed by atoms with Gasteiger partial charge in [0, 0.05) is 12.6 Å². The van der Waals surface area contributed by atoms with Crippen LogP contribution in [-0.4, -0.2) is 32.4 Å². The molecule has 0 radical (unpaired) electrons. The molecule has 4 nitrogen and oxygen atoms in total. The minimum Gasteiger partial charge on any atom is -0.497 e. The molecule has 1 atom stereocenters. The Kier molecular flexibility index (Phi) is 5.13. The van der Waals surface area contributed by atoms with Gasteiger partial charge in [-0.05, 0) is 55.0 Å². The lowest BCUT2D eigenvalue weighted by Gasteiger charge is -2.24. The summed E-state index contributed by atoms with van der Waals surface area (Å²) in [7, 11) is -1.86. The van der Waals surface area contributed by atoms with Gasteiger partial charge in [0.2, 0.25) is 10.0 Å². The highest BCUT2D eigenvalue weighted by molar-refractivity contribution is 7.89. The summed E-state index contributed by atoms with van der Waals surface area (Å²) >= 11 is 0. The minimum atomic E-state index is -3.50. The highest BCUT2D eigenvalue weighted by Gasteiger charge is 2.43.